The van der Waals surface area contributed by atoms with Gasteiger partial charge in [0.1, 0.15) is 0 Å². The van der Waals surface area contributed by atoms with Crippen molar-refractivity contribution in [3.63, 3.8) is 0 Å². The van der Waals surface area contributed by atoms with Gasteiger partial charge in [-0.1, -0.05) is 6.92 Å². The van der Waals surface area contributed by atoms with Crippen molar-refractivity contribution >= 4 is 6.41 Å². The molecular formula is C8H15NO. The first kappa shape index (κ1) is 7.58. The fourth-order valence-electron chi connectivity index (χ4n) is 1.33. The molecule has 1 aliphatic rings. The van der Waals surface area contributed by atoms with Crippen LogP contribution in [-0.4, -0.2) is 12.5 Å². The van der Waals surface area contributed by atoms with Gasteiger partial charge in [-0.25, -0.2) is 0 Å². The highest BCUT2D eigenvalue weighted by molar-refractivity contribution is 5.46. The largest absolute Gasteiger partial charge is 0.356 e. The summed E-state index contributed by atoms with van der Waals surface area (Å²) in [6, 6.07) is 0.352. The van der Waals surface area contributed by atoms with Gasteiger partial charge in [-0.2, -0.15) is 0 Å². The normalized spacial score (nSPS) is 23.4. The topological polar surface area (TPSA) is 29.1 Å². The zero-order valence-corrected chi connectivity index (χ0v) is 6.68. The van der Waals surface area contributed by atoms with E-state index < -0.39 is 0 Å². The van der Waals surface area contributed by atoms with E-state index in [0.717, 1.165) is 12.8 Å². The molecule has 0 aliphatic heterocycles. The first-order chi connectivity index (χ1) is 4.66. The molecule has 58 valence electrons. The van der Waals surface area contributed by atoms with Gasteiger partial charge in [0.05, 0.1) is 0 Å². The third-order valence-corrected chi connectivity index (χ3v) is 2.26. The lowest BCUT2D eigenvalue weighted by Crippen LogP contribution is -2.26. The zero-order chi connectivity index (χ0) is 7.61. The molecule has 0 heterocycles. The number of rotatable bonds is 4. The first-order valence-corrected chi connectivity index (χ1v) is 3.86. The lowest BCUT2D eigenvalue weighted by Gasteiger charge is -2.14. The van der Waals surface area contributed by atoms with E-state index in [1.54, 1.807) is 0 Å². The summed E-state index contributed by atoms with van der Waals surface area (Å²) in [7, 11) is 0. The van der Waals surface area contributed by atoms with E-state index in [9.17, 15) is 4.79 Å². The van der Waals surface area contributed by atoms with E-state index in [1.165, 1.54) is 12.8 Å². The molecular weight excluding hydrogens is 126 g/mol. The van der Waals surface area contributed by atoms with Crippen LogP contribution in [0.3, 0.4) is 0 Å². The van der Waals surface area contributed by atoms with Crippen LogP contribution in [-0.2, 0) is 4.79 Å². The predicted octanol–water partition coefficient (Wildman–Crippen LogP) is 1.31. The van der Waals surface area contributed by atoms with E-state index in [-0.39, 0.29) is 0 Å². The summed E-state index contributed by atoms with van der Waals surface area (Å²) in [5.41, 5.74) is 0.551. The van der Waals surface area contributed by atoms with Gasteiger partial charge in [0.2, 0.25) is 6.41 Å². The number of hydrogen-bond donors (Lipinski definition) is 1. The lowest BCUT2D eigenvalue weighted by atomic mass is 10.0. The Labute approximate surface area is 62.0 Å². The second-order valence-corrected chi connectivity index (χ2v) is 3.70. The molecule has 0 bridgehead atoms. The monoisotopic (exact) mass is 141 g/mol. The van der Waals surface area contributed by atoms with Crippen LogP contribution in [0.2, 0.25) is 0 Å². The maximum absolute atomic E-state index is 10.0. The molecule has 0 aromatic carbocycles. The molecule has 1 fully saturated rings. The number of carbonyl (C=O) groups excluding carboxylic acids is 1. The van der Waals surface area contributed by atoms with Crippen LogP contribution in [0, 0.1) is 5.41 Å². The molecule has 1 atom stereocenters. The van der Waals surface area contributed by atoms with E-state index in [2.05, 4.69) is 19.2 Å². The second kappa shape index (κ2) is 2.60. The van der Waals surface area contributed by atoms with Crippen LogP contribution >= 0.6 is 0 Å². The average Bonchev–Trinajstić information content (AvgIpc) is 2.48. The SMILES string of the molecule is CC(CC1(C)CC1)NC=O. The fraction of sp³-hybridized carbons (Fsp3) is 0.875. The molecule has 0 saturated heterocycles. The Kier molecular flexibility index (Phi) is 1.97. The predicted molar refractivity (Wildman–Crippen MR) is 40.6 cm³/mol. The van der Waals surface area contributed by atoms with Crippen LogP contribution in [0.15, 0.2) is 0 Å². The van der Waals surface area contributed by atoms with Crippen molar-refractivity contribution in [2.24, 2.45) is 5.41 Å². The van der Waals surface area contributed by atoms with E-state index in [1.807, 2.05) is 0 Å². The molecule has 1 aliphatic carbocycles. The van der Waals surface area contributed by atoms with Crippen LogP contribution in [0.25, 0.3) is 0 Å². The number of hydrogen-bond acceptors (Lipinski definition) is 1. The number of nitrogens with one attached hydrogen (secondary N) is 1. The zero-order valence-electron chi connectivity index (χ0n) is 6.68. The van der Waals surface area contributed by atoms with Crippen molar-refractivity contribution in [3.8, 4) is 0 Å². The Morgan fingerprint density at radius 2 is 2.30 bits per heavy atom. The van der Waals surface area contributed by atoms with Gasteiger partial charge in [-0.15, -0.1) is 0 Å². The molecule has 1 amide bonds. The van der Waals surface area contributed by atoms with Gasteiger partial charge in [-0.3, -0.25) is 4.79 Å². The van der Waals surface area contributed by atoms with E-state index in [4.69, 9.17) is 0 Å². The maximum Gasteiger partial charge on any atom is 0.207 e. The molecule has 0 radical (unpaired) electrons. The summed E-state index contributed by atoms with van der Waals surface area (Å²) in [4.78, 5) is 10.0. The highest BCUT2D eigenvalue weighted by Gasteiger charge is 2.37. The van der Waals surface area contributed by atoms with Crippen molar-refractivity contribution in [2.45, 2.75) is 39.2 Å². The Morgan fingerprint density at radius 3 is 2.70 bits per heavy atom. The van der Waals surface area contributed by atoms with Crippen LogP contribution in [0.4, 0.5) is 0 Å². The third-order valence-electron chi connectivity index (χ3n) is 2.26. The molecule has 2 heteroatoms. The lowest BCUT2D eigenvalue weighted by molar-refractivity contribution is -0.110. The van der Waals surface area contributed by atoms with Crippen molar-refractivity contribution in [1.82, 2.24) is 5.32 Å². The molecule has 1 saturated carbocycles. The summed E-state index contributed by atoms with van der Waals surface area (Å²) in [5, 5.41) is 2.76. The van der Waals surface area contributed by atoms with Crippen molar-refractivity contribution in [2.75, 3.05) is 0 Å². The van der Waals surface area contributed by atoms with E-state index in [0.29, 0.717) is 11.5 Å². The Bertz CT molecular complexity index is 129. The minimum Gasteiger partial charge on any atom is -0.356 e. The van der Waals surface area contributed by atoms with Gasteiger partial charge < -0.3 is 5.32 Å². The van der Waals surface area contributed by atoms with Gasteiger partial charge in [0.15, 0.2) is 0 Å². The molecule has 1 rings (SSSR count). The van der Waals surface area contributed by atoms with E-state index >= 15 is 0 Å². The summed E-state index contributed by atoms with van der Waals surface area (Å²) in [6.45, 7) is 4.33. The van der Waals surface area contributed by atoms with Crippen molar-refractivity contribution in [1.29, 1.82) is 0 Å². The van der Waals surface area contributed by atoms with Crippen LogP contribution in [0.5, 0.6) is 0 Å². The average molecular weight is 141 g/mol. The van der Waals surface area contributed by atoms with Gasteiger partial charge in [-0.05, 0) is 31.6 Å². The van der Waals surface area contributed by atoms with Crippen molar-refractivity contribution < 1.29 is 4.79 Å². The van der Waals surface area contributed by atoms with Gasteiger partial charge in [0.25, 0.3) is 0 Å². The fourth-order valence-corrected chi connectivity index (χ4v) is 1.33. The standard InChI is InChI=1S/C8H15NO/c1-7(9-6-10)5-8(2)3-4-8/h6-7H,3-5H2,1-2H3,(H,9,10). The summed E-state index contributed by atoms with van der Waals surface area (Å²) >= 11 is 0. The molecule has 1 unspecified atom stereocenters. The van der Waals surface area contributed by atoms with Crippen molar-refractivity contribution in [3.05, 3.63) is 0 Å². The molecule has 0 aromatic rings. The first-order valence-electron chi connectivity index (χ1n) is 3.86. The third kappa shape index (κ3) is 2.01. The number of amides is 1. The van der Waals surface area contributed by atoms with Gasteiger partial charge >= 0.3 is 0 Å². The Balaban J connectivity index is 2.17. The summed E-state index contributed by atoms with van der Waals surface area (Å²) < 4.78 is 0. The van der Waals surface area contributed by atoms with Crippen LogP contribution in [0.1, 0.15) is 33.1 Å². The Hall–Kier alpha value is -0.530. The number of carbonyl (C=O) groups is 1. The smallest absolute Gasteiger partial charge is 0.207 e. The summed E-state index contributed by atoms with van der Waals surface area (Å²) in [5.74, 6) is 0. The summed E-state index contributed by atoms with van der Waals surface area (Å²) in [6.07, 6.45) is 4.58. The highest BCUT2D eigenvalue weighted by atomic mass is 16.1. The molecule has 10 heavy (non-hydrogen) atoms. The Morgan fingerprint density at radius 1 is 1.70 bits per heavy atom. The molecule has 0 aromatic heterocycles. The minimum atomic E-state index is 0.352. The second-order valence-electron chi connectivity index (χ2n) is 3.70. The maximum atomic E-state index is 10.0. The van der Waals surface area contributed by atoms with Gasteiger partial charge in [0, 0.05) is 6.04 Å². The molecule has 2 nitrogen and oxygen atoms in total. The molecule has 1 N–H and O–H groups in total. The highest BCUT2D eigenvalue weighted by Crippen LogP contribution is 2.48. The van der Waals surface area contributed by atoms with Crippen LogP contribution < -0.4 is 5.32 Å². The molecule has 0 spiro atoms. The minimum absolute atomic E-state index is 0.352. The quantitative estimate of drug-likeness (QED) is 0.588.